The summed E-state index contributed by atoms with van der Waals surface area (Å²) in [5, 5.41) is 3.00. The Bertz CT molecular complexity index is 1110. The highest BCUT2D eigenvalue weighted by atomic mass is 16.2. The Kier molecular flexibility index (Phi) is 4.98. The van der Waals surface area contributed by atoms with Gasteiger partial charge in [-0.2, -0.15) is 0 Å². The minimum absolute atomic E-state index is 0.0493. The van der Waals surface area contributed by atoms with Crippen LogP contribution < -0.4 is 16.6 Å². The van der Waals surface area contributed by atoms with Gasteiger partial charge in [0.2, 0.25) is 5.91 Å². The molecule has 0 radical (unpaired) electrons. The van der Waals surface area contributed by atoms with E-state index in [4.69, 9.17) is 0 Å². The molecular weight excluding hydrogens is 346 g/mol. The molecule has 2 heterocycles. The number of nitrogens with one attached hydrogen (secondary N) is 1. The smallest absolute Gasteiger partial charge is 0.332 e. The lowest BCUT2D eigenvalue weighted by Crippen LogP contribution is -2.38. The minimum atomic E-state index is -0.469. The van der Waals surface area contributed by atoms with E-state index in [9.17, 15) is 14.4 Å². The molecule has 0 aliphatic carbocycles. The van der Waals surface area contributed by atoms with E-state index in [1.54, 1.807) is 7.05 Å². The van der Waals surface area contributed by atoms with Gasteiger partial charge >= 0.3 is 5.69 Å². The van der Waals surface area contributed by atoms with Crippen molar-refractivity contribution < 1.29 is 4.79 Å². The van der Waals surface area contributed by atoms with Gasteiger partial charge in [-0.1, -0.05) is 36.8 Å². The normalized spacial score (nSPS) is 12.3. The Morgan fingerprint density at radius 1 is 1.15 bits per heavy atom. The second-order valence-electron chi connectivity index (χ2n) is 6.69. The molecule has 8 heteroatoms. The second-order valence-corrected chi connectivity index (χ2v) is 6.69. The van der Waals surface area contributed by atoms with Crippen LogP contribution in [0.15, 0.2) is 40.2 Å². The van der Waals surface area contributed by atoms with E-state index < -0.39 is 11.2 Å². The zero-order valence-corrected chi connectivity index (χ0v) is 15.9. The molecule has 3 rings (SSSR count). The number of carbonyl (C=O) groups excluding carboxylic acids is 1. The van der Waals surface area contributed by atoms with Crippen LogP contribution in [0.3, 0.4) is 0 Å². The van der Waals surface area contributed by atoms with E-state index in [-0.39, 0.29) is 29.7 Å². The summed E-state index contributed by atoms with van der Waals surface area (Å²) < 4.78 is 3.79. The molecule has 0 bridgehead atoms. The highest BCUT2D eigenvalue weighted by molar-refractivity contribution is 5.79. The summed E-state index contributed by atoms with van der Waals surface area (Å²) in [6.07, 6.45) is 2.16. The maximum absolute atomic E-state index is 12.6. The van der Waals surface area contributed by atoms with Gasteiger partial charge in [0, 0.05) is 14.1 Å². The molecule has 2 aromatic heterocycles. The van der Waals surface area contributed by atoms with Crippen molar-refractivity contribution in [1.82, 2.24) is 24.0 Å². The summed E-state index contributed by atoms with van der Waals surface area (Å²) in [4.78, 5) is 41.2. The first-order valence-corrected chi connectivity index (χ1v) is 8.80. The fraction of sp³-hybridized carbons (Fsp3) is 0.368. The quantitative estimate of drug-likeness (QED) is 0.727. The van der Waals surface area contributed by atoms with Gasteiger partial charge in [0.15, 0.2) is 11.2 Å². The van der Waals surface area contributed by atoms with Gasteiger partial charge in [0.05, 0.1) is 12.4 Å². The number of hydrogen-bond donors (Lipinski definition) is 1. The van der Waals surface area contributed by atoms with Gasteiger partial charge in [-0.05, 0) is 18.9 Å². The van der Waals surface area contributed by atoms with Crippen molar-refractivity contribution in [2.75, 3.05) is 0 Å². The zero-order valence-electron chi connectivity index (χ0n) is 15.9. The number of hydrogen-bond acceptors (Lipinski definition) is 4. The van der Waals surface area contributed by atoms with Crippen LogP contribution in [0.2, 0.25) is 0 Å². The Hall–Kier alpha value is -3.16. The lowest BCUT2D eigenvalue weighted by molar-refractivity contribution is -0.122. The zero-order chi connectivity index (χ0) is 19.7. The molecule has 0 fully saturated rings. The number of amides is 1. The van der Waals surface area contributed by atoms with Crippen molar-refractivity contribution in [3.63, 3.8) is 0 Å². The number of carbonyl (C=O) groups is 1. The van der Waals surface area contributed by atoms with Crippen LogP contribution in [0.25, 0.3) is 11.2 Å². The second kappa shape index (κ2) is 7.22. The molecule has 1 amide bonds. The SMILES string of the molecule is CC[C@H](NC(=O)Cn1cnc2c1c(=O)n(C)c(=O)n2C)c1ccc(C)cc1. The average Bonchev–Trinajstić information content (AvgIpc) is 3.07. The number of aryl methyl sites for hydroxylation is 2. The summed E-state index contributed by atoms with van der Waals surface area (Å²) in [7, 11) is 2.96. The Morgan fingerprint density at radius 2 is 1.81 bits per heavy atom. The van der Waals surface area contributed by atoms with Crippen LogP contribution in [0.4, 0.5) is 0 Å². The van der Waals surface area contributed by atoms with Gasteiger partial charge in [-0.15, -0.1) is 0 Å². The number of fused-ring (bicyclic) bond motifs is 1. The number of rotatable bonds is 5. The summed E-state index contributed by atoms with van der Waals surface area (Å²) in [6, 6.07) is 7.92. The van der Waals surface area contributed by atoms with Crippen LogP contribution in [-0.4, -0.2) is 24.6 Å². The third-order valence-electron chi connectivity index (χ3n) is 4.75. The third-order valence-corrected chi connectivity index (χ3v) is 4.75. The van der Waals surface area contributed by atoms with Gasteiger partial charge < -0.3 is 9.88 Å². The lowest BCUT2D eigenvalue weighted by atomic mass is 10.0. The number of benzene rings is 1. The first-order chi connectivity index (χ1) is 12.8. The van der Waals surface area contributed by atoms with Crippen molar-refractivity contribution in [3.8, 4) is 0 Å². The first kappa shape index (κ1) is 18.6. The Balaban J connectivity index is 1.87. The molecule has 142 valence electrons. The standard InChI is InChI=1S/C19H23N5O3/c1-5-14(13-8-6-12(2)7-9-13)21-15(25)10-24-11-20-17-16(24)18(26)23(4)19(27)22(17)3/h6-9,11,14H,5,10H2,1-4H3,(H,21,25)/t14-/m0/s1. The molecule has 1 N–H and O–H groups in total. The molecule has 8 nitrogen and oxygen atoms in total. The molecular formula is C19H23N5O3. The predicted molar refractivity (Wildman–Crippen MR) is 103 cm³/mol. The average molecular weight is 369 g/mol. The van der Waals surface area contributed by atoms with E-state index in [0.29, 0.717) is 0 Å². The summed E-state index contributed by atoms with van der Waals surface area (Å²) >= 11 is 0. The topological polar surface area (TPSA) is 90.9 Å². The lowest BCUT2D eigenvalue weighted by Gasteiger charge is -2.18. The Morgan fingerprint density at radius 3 is 2.44 bits per heavy atom. The van der Waals surface area contributed by atoms with E-state index in [1.165, 1.54) is 22.5 Å². The maximum atomic E-state index is 12.6. The molecule has 0 spiro atoms. The first-order valence-electron chi connectivity index (χ1n) is 8.80. The molecule has 3 aromatic rings. The number of aromatic nitrogens is 4. The Labute approximate surface area is 156 Å². The van der Waals surface area contributed by atoms with Gasteiger partial charge in [-0.25, -0.2) is 9.78 Å². The number of nitrogens with zero attached hydrogens (tertiary/aromatic N) is 4. The fourth-order valence-electron chi connectivity index (χ4n) is 3.13. The largest absolute Gasteiger partial charge is 0.348 e. The van der Waals surface area contributed by atoms with Gasteiger partial charge in [0.25, 0.3) is 5.56 Å². The summed E-state index contributed by atoms with van der Waals surface area (Å²) in [6.45, 7) is 3.97. The van der Waals surface area contributed by atoms with Crippen LogP contribution in [0.5, 0.6) is 0 Å². The van der Waals surface area contributed by atoms with E-state index in [2.05, 4.69) is 10.3 Å². The fourth-order valence-corrected chi connectivity index (χ4v) is 3.13. The van der Waals surface area contributed by atoms with Crippen LogP contribution >= 0.6 is 0 Å². The van der Waals surface area contributed by atoms with Crippen LogP contribution in [0, 0.1) is 6.92 Å². The van der Waals surface area contributed by atoms with Crippen LogP contribution in [-0.2, 0) is 25.4 Å². The molecule has 0 aliphatic rings. The van der Waals surface area contributed by atoms with Crippen molar-refractivity contribution in [3.05, 3.63) is 62.6 Å². The molecule has 1 atom stereocenters. The van der Waals surface area contributed by atoms with Crippen molar-refractivity contribution >= 4 is 17.1 Å². The molecule has 0 unspecified atom stereocenters. The van der Waals surface area contributed by atoms with E-state index >= 15 is 0 Å². The molecule has 0 saturated carbocycles. The van der Waals surface area contributed by atoms with Crippen LogP contribution in [0.1, 0.15) is 30.5 Å². The van der Waals surface area contributed by atoms with Gasteiger partial charge in [0.1, 0.15) is 6.54 Å². The predicted octanol–water partition coefficient (Wildman–Crippen LogP) is 1.01. The highest BCUT2D eigenvalue weighted by Gasteiger charge is 2.18. The van der Waals surface area contributed by atoms with Gasteiger partial charge in [-0.3, -0.25) is 18.7 Å². The monoisotopic (exact) mass is 369 g/mol. The highest BCUT2D eigenvalue weighted by Crippen LogP contribution is 2.17. The molecule has 0 saturated heterocycles. The van der Waals surface area contributed by atoms with E-state index in [1.807, 2.05) is 38.1 Å². The summed E-state index contributed by atoms with van der Waals surface area (Å²) in [5.41, 5.74) is 1.77. The van der Waals surface area contributed by atoms with Crippen molar-refractivity contribution in [2.24, 2.45) is 14.1 Å². The maximum Gasteiger partial charge on any atom is 0.332 e. The molecule has 0 aliphatic heterocycles. The third kappa shape index (κ3) is 3.42. The van der Waals surface area contributed by atoms with E-state index in [0.717, 1.165) is 22.1 Å². The van der Waals surface area contributed by atoms with Crippen molar-refractivity contribution in [2.45, 2.75) is 32.9 Å². The summed E-state index contributed by atoms with van der Waals surface area (Å²) in [5.74, 6) is -0.224. The molecule has 1 aromatic carbocycles. The van der Waals surface area contributed by atoms with Crippen molar-refractivity contribution in [1.29, 1.82) is 0 Å². The number of imidazole rings is 1. The minimum Gasteiger partial charge on any atom is -0.348 e. The molecule has 27 heavy (non-hydrogen) atoms.